The molecule has 1 saturated carbocycles. The third kappa shape index (κ3) is 3.17. The molecule has 0 saturated heterocycles. The third-order valence-electron chi connectivity index (χ3n) is 3.72. The van der Waals surface area contributed by atoms with Crippen molar-refractivity contribution in [2.24, 2.45) is 0 Å². The molecule has 1 aliphatic carbocycles. The summed E-state index contributed by atoms with van der Waals surface area (Å²) in [6.45, 7) is 0.625. The van der Waals surface area contributed by atoms with Gasteiger partial charge in [0, 0.05) is 12.6 Å². The van der Waals surface area contributed by atoms with Crippen molar-refractivity contribution in [3.63, 3.8) is 0 Å². The SMILES string of the molecule is O=C(NC1CC1)c1nc(NCc2ccccc2)nc2ccsc12. The third-order valence-corrected chi connectivity index (χ3v) is 4.64. The maximum Gasteiger partial charge on any atom is 0.271 e. The summed E-state index contributed by atoms with van der Waals surface area (Å²) in [5.74, 6) is 0.380. The standard InChI is InChI=1S/C17H16N4OS/c22-16(19-12-6-7-12)14-15-13(8-9-23-15)20-17(21-14)18-10-11-4-2-1-3-5-11/h1-5,8-9,12H,6-7,10H2,(H,19,22)(H,18,20,21). The van der Waals surface area contributed by atoms with Gasteiger partial charge in [-0.15, -0.1) is 11.3 Å². The lowest BCUT2D eigenvalue weighted by atomic mass is 10.2. The highest BCUT2D eigenvalue weighted by atomic mass is 32.1. The van der Waals surface area contributed by atoms with Gasteiger partial charge in [0.2, 0.25) is 5.95 Å². The molecule has 4 rings (SSSR count). The summed E-state index contributed by atoms with van der Waals surface area (Å²) in [6, 6.07) is 12.3. The molecule has 1 aliphatic rings. The molecule has 0 atom stereocenters. The van der Waals surface area contributed by atoms with Crippen molar-refractivity contribution < 1.29 is 4.79 Å². The van der Waals surface area contributed by atoms with Crippen LogP contribution >= 0.6 is 11.3 Å². The van der Waals surface area contributed by atoms with Crippen molar-refractivity contribution in [2.75, 3.05) is 5.32 Å². The Morgan fingerprint density at radius 2 is 2.00 bits per heavy atom. The fourth-order valence-corrected chi connectivity index (χ4v) is 3.17. The molecule has 2 heterocycles. The van der Waals surface area contributed by atoms with E-state index in [1.54, 1.807) is 0 Å². The smallest absolute Gasteiger partial charge is 0.271 e. The van der Waals surface area contributed by atoms with Gasteiger partial charge >= 0.3 is 0 Å². The first-order valence-electron chi connectivity index (χ1n) is 7.63. The number of benzene rings is 1. The van der Waals surface area contributed by atoms with Crippen LogP contribution in [0, 0.1) is 0 Å². The second-order valence-corrected chi connectivity index (χ2v) is 6.53. The lowest BCUT2D eigenvalue weighted by Gasteiger charge is -2.08. The molecular formula is C17H16N4OS. The topological polar surface area (TPSA) is 66.9 Å². The van der Waals surface area contributed by atoms with Gasteiger partial charge in [-0.1, -0.05) is 30.3 Å². The lowest BCUT2D eigenvalue weighted by Crippen LogP contribution is -2.26. The number of carbonyl (C=O) groups excluding carboxylic acids is 1. The molecule has 1 aromatic carbocycles. The summed E-state index contributed by atoms with van der Waals surface area (Å²) in [5.41, 5.74) is 2.42. The Morgan fingerprint density at radius 1 is 1.17 bits per heavy atom. The van der Waals surface area contributed by atoms with Crippen LogP contribution in [0.4, 0.5) is 5.95 Å². The fraction of sp³-hybridized carbons (Fsp3) is 0.235. The molecule has 5 nitrogen and oxygen atoms in total. The van der Waals surface area contributed by atoms with Crippen LogP contribution in [0.15, 0.2) is 41.8 Å². The second-order valence-electron chi connectivity index (χ2n) is 5.62. The highest BCUT2D eigenvalue weighted by molar-refractivity contribution is 7.17. The van der Waals surface area contributed by atoms with E-state index in [1.807, 2.05) is 41.8 Å². The normalized spacial score (nSPS) is 13.9. The Hall–Kier alpha value is -2.47. The molecule has 0 spiro atoms. The van der Waals surface area contributed by atoms with Gasteiger partial charge in [0.1, 0.15) is 0 Å². The van der Waals surface area contributed by atoms with Gasteiger partial charge in [0.25, 0.3) is 5.91 Å². The summed E-state index contributed by atoms with van der Waals surface area (Å²) < 4.78 is 0.841. The van der Waals surface area contributed by atoms with E-state index in [4.69, 9.17) is 0 Å². The van der Waals surface area contributed by atoms with E-state index in [9.17, 15) is 4.79 Å². The van der Waals surface area contributed by atoms with Crippen molar-refractivity contribution in [2.45, 2.75) is 25.4 Å². The van der Waals surface area contributed by atoms with Gasteiger partial charge in [0.05, 0.1) is 10.2 Å². The van der Waals surface area contributed by atoms with Gasteiger partial charge < -0.3 is 10.6 Å². The van der Waals surface area contributed by atoms with Crippen LogP contribution in [-0.2, 0) is 6.54 Å². The number of carbonyl (C=O) groups is 1. The van der Waals surface area contributed by atoms with Crippen molar-refractivity contribution in [1.82, 2.24) is 15.3 Å². The number of hydrogen-bond donors (Lipinski definition) is 2. The molecule has 0 bridgehead atoms. The number of nitrogens with one attached hydrogen (secondary N) is 2. The molecular weight excluding hydrogens is 308 g/mol. The number of fused-ring (bicyclic) bond motifs is 1. The average Bonchev–Trinajstić information content (AvgIpc) is 3.26. The number of aromatic nitrogens is 2. The molecule has 0 radical (unpaired) electrons. The highest BCUT2D eigenvalue weighted by Crippen LogP contribution is 2.25. The van der Waals surface area contributed by atoms with Crippen LogP contribution in [-0.4, -0.2) is 21.9 Å². The van der Waals surface area contributed by atoms with Crippen LogP contribution in [0.1, 0.15) is 28.9 Å². The number of rotatable bonds is 5. The first-order chi connectivity index (χ1) is 11.3. The lowest BCUT2D eigenvalue weighted by molar-refractivity contribution is 0.0948. The van der Waals surface area contributed by atoms with Crippen molar-refractivity contribution in [3.8, 4) is 0 Å². The summed E-state index contributed by atoms with van der Waals surface area (Å²) >= 11 is 1.50. The van der Waals surface area contributed by atoms with Gasteiger partial charge in [-0.2, -0.15) is 0 Å². The minimum absolute atomic E-state index is 0.106. The molecule has 3 aromatic rings. The van der Waals surface area contributed by atoms with Gasteiger partial charge in [0.15, 0.2) is 5.69 Å². The van der Waals surface area contributed by atoms with Crippen LogP contribution in [0.5, 0.6) is 0 Å². The molecule has 1 amide bonds. The van der Waals surface area contributed by atoms with Crippen LogP contribution < -0.4 is 10.6 Å². The zero-order valence-corrected chi connectivity index (χ0v) is 13.3. The van der Waals surface area contributed by atoms with E-state index in [0.29, 0.717) is 24.2 Å². The highest BCUT2D eigenvalue weighted by Gasteiger charge is 2.26. The van der Waals surface area contributed by atoms with Crippen LogP contribution in [0.2, 0.25) is 0 Å². The second kappa shape index (κ2) is 5.96. The maximum absolute atomic E-state index is 12.4. The first-order valence-corrected chi connectivity index (χ1v) is 8.51. The van der Waals surface area contributed by atoms with E-state index < -0.39 is 0 Å². The number of amides is 1. The van der Waals surface area contributed by atoms with E-state index >= 15 is 0 Å². The molecule has 23 heavy (non-hydrogen) atoms. The number of hydrogen-bond acceptors (Lipinski definition) is 5. The predicted octanol–water partition coefficient (Wildman–Crippen LogP) is 3.20. The molecule has 1 fully saturated rings. The van der Waals surface area contributed by atoms with Gasteiger partial charge in [-0.25, -0.2) is 9.97 Å². The largest absolute Gasteiger partial charge is 0.350 e. The summed E-state index contributed by atoms with van der Waals surface area (Å²) in [7, 11) is 0. The molecule has 0 unspecified atom stereocenters. The minimum Gasteiger partial charge on any atom is -0.350 e. The number of nitrogens with zero attached hydrogens (tertiary/aromatic N) is 2. The Morgan fingerprint density at radius 3 is 2.78 bits per heavy atom. The van der Waals surface area contributed by atoms with Crippen LogP contribution in [0.3, 0.4) is 0 Å². The summed E-state index contributed by atoms with van der Waals surface area (Å²) in [6.07, 6.45) is 2.12. The Labute approximate surface area is 137 Å². The van der Waals surface area contributed by atoms with E-state index in [1.165, 1.54) is 11.3 Å². The molecule has 0 aliphatic heterocycles. The summed E-state index contributed by atoms with van der Waals surface area (Å²) in [5, 5.41) is 8.15. The average molecular weight is 324 g/mol. The van der Waals surface area contributed by atoms with E-state index in [0.717, 1.165) is 28.6 Å². The predicted molar refractivity (Wildman–Crippen MR) is 91.7 cm³/mol. The van der Waals surface area contributed by atoms with E-state index in [2.05, 4.69) is 20.6 Å². The van der Waals surface area contributed by atoms with E-state index in [-0.39, 0.29) is 5.91 Å². The van der Waals surface area contributed by atoms with Gasteiger partial charge in [-0.05, 0) is 29.9 Å². The minimum atomic E-state index is -0.106. The van der Waals surface area contributed by atoms with Crippen LogP contribution in [0.25, 0.3) is 10.2 Å². The van der Waals surface area contributed by atoms with Crippen molar-refractivity contribution in [1.29, 1.82) is 0 Å². The Kier molecular flexibility index (Phi) is 3.67. The van der Waals surface area contributed by atoms with Crippen molar-refractivity contribution >= 4 is 33.4 Å². The first kappa shape index (κ1) is 14.1. The number of anilines is 1. The Balaban J connectivity index is 1.60. The monoisotopic (exact) mass is 324 g/mol. The molecule has 2 N–H and O–H groups in total. The zero-order chi connectivity index (χ0) is 15.6. The molecule has 116 valence electrons. The van der Waals surface area contributed by atoms with Gasteiger partial charge in [-0.3, -0.25) is 4.79 Å². The van der Waals surface area contributed by atoms with Crippen molar-refractivity contribution in [3.05, 3.63) is 53.0 Å². The molecule has 6 heteroatoms. The zero-order valence-electron chi connectivity index (χ0n) is 12.5. The summed E-state index contributed by atoms with van der Waals surface area (Å²) in [4.78, 5) is 21.4. The fourth-order valence-electron chi connectivity index (χ4n) is 2.35. The number of thiophene rings is 1. The maximum atomic E-state index is 12.4. The molecule has 2 aromatic heterocycles. The Bertz CT molecular complexity index is 842. The quantitative estimate of drug-likeness (QED) is 0.756.